The summed E-state index contributed by atoms with van der Waals surface area (Å²) >= 11 is 0. The van der Waals surface area contributed by atoms with Crippen molar-refractivity contribution in [2.75, 3.05) is 13.2 Å². The molecule has 0 aliphatic rings. The quantitative estimate of drug-likeness (QED) is 0.742. The molecule has 0 amide bonds. The fourth-order valence-corrected chi connectivity index (χ4v) is 1.31. The summed E-state index contributed by atoms with van der Waals surface area (Å²) < 4.78 is 6.79. The van der Waals surface area contributed by atoms with Crippen molar-refractivity contribution in [1.29, 1.82) is 0 Å². The number of rotatable bonds is 6. The van der Waals surface area contributed by atoms with Crippen LogP contribution in [0.3, 0.4) is 0 Å². The molecule has 1 heterocycles. The molecule has 0 saturated heterocycles. The van der Waals surface area contributed by atoms with Gasteiger partial charge >= 0.3 is 5.97 Å². The van der Waals surface area contributed by atoms with Crippen LogP contribution in [0.25, 0.3) is 0 Å². The van der Waals surface area contributed by atoms with Gasteiger partial charge in [-0.1, -0.05) is 19.1 Å². The Hall–Kier alpha value is -1.43. The molecule has 0 spiro atoms. The van der Waals surface area contributed by atoms with Crippen molar-refractivity contribution in [2.45, 2.75) is 33.7 Å². The van der Waals surface area contributed by atoms with Crippen LogP contribution in [0.4, 0.5) is 0 Å². The third-order valence-corrected chi connectivity index (χ3v) is 2.30. The molecule has 1 rings (SSSR count). The predicted molar refractivity (Wildman–Crippen MR) is 63.6 cm³/mol. The zero-order valence-electron chi connectivity index (χ0n) is 10.6. The van der Waals surface area contributed by atoms with E-state index in [1.807, 2.05) is 20.8 Å². The number of hydrogen-bond donors (Lipinski definition) is 1. The number of carbonyl (C=O) groups is 1. The van der Waals surface area contributed by atoms with Crippen LogP contribution in [-0.2, 0) is 11.3 Å². The molecule has 0 saturated carbocycles. The van der Waals surface area contributed by atoms with Gasteiger partial charge in [-0.15, -0.1) is 5.10 Å². The Morgan fingerprint density at radius 1 is 1.53 bits per heavy atom. The molecule has 1 aromatic rings. The minimum absolute atomic E-state index is 0.294. The molecule has 0 aromatic carbocycles. The minimum atomic E-state index is -0.407. The maximum Gasteiger partial charge on any atom is 0.360 e. The first-order chi connectivity index (χ1) is 8.06. The molecule has 0 radical (unpaired) electrons. The molecule has 0 aliphatic carbocycles. The van der Waals surface area contributed by atoms with Gasteiger partial charge in [-0.05, 0) is 25.8 Å². The first-order valence-electron chi connectivity index (χ1n) is 5.83. The van der Waals surface area contributed by atoms with E-state index in [-0.39, 0.29) is 0 Å². The van der Waals surface area contributed by atoms with Gasteiger partial charge in [0.05, 0.1) is 12.3 Å². The smallest absolute Gasteiger partial charge is 0.360 e. The van der Waals surface area contributed by atoms with Crippen LogP contribution >= 0.6 is 0 Å². The molecule has 0 atom stereocenters. The molecular formula is C11H20N4O2. The predicted octanol–water partition coefficient (Wildman–Crippen LogP) is 0.748. The number of aromatic nitrogens is 3. The first kappa shape index (κ1) is 13.6. The van der Waals surface area contributed by atoms with Crippen LogP contribution in [0.15, 0.2) is 0 Å². The molecule has 0 aliphatic heterocycles. The second-order valence-corrected chi connectivity index (χ2v) is 4.38. The highest BCUT2D eigenvalue weighted by Gasteiger charge is 2.17. The normalized spacial score (nSPS) is 10.9. The second kappa shape index (κ2) is 6.34. The lowest BCUT2D eigenvalue weighted by molar-refractivity contribution is 0.0451. The van der Waals surface area contributed by atoms with Gasteiger partial charge in [-0.3, -0.25) is 0 Å². The van der Waals surface area contributed by atoms with Gasteiger partial charge in [0.1, 0.15) is 0 Å². The summed E-state index contributed by atoms with van der Waals surface area (Å²) in [5, 5.41) is 7.76. The Kier molecular flexibility index (Phi) is 5.09. The van der Waals surface area contributed by atoms with E-state index in [4.69, 9.17) is 10.5 Å². The summed E-state index contributed by atoms with van der Waals surface area (Å²) in [6.07, 6.45) is 0.810. The van der Waals surface area contributed by atoms with E-state index < -0.39 is 5.97 Å². The van der Waals surface area contributed by atoms with Crippen molar-refractivity contribution >= 4 is 5.97 Å². The summed E-state index contributed by atoms with van der Waals surface area (Å²) in [6.45, 7) is 7.44. The fraction of sp³-hybridized carbons (Fsp3) is 0.727. The van der Waals surface area contributed by atoms with Gasteiger partial charge in [-0.2, -0.15) is 0 Å². The second-order valence-electron chi connectivity index (χ2n) is 4.38. The molecule has 6 nitrogen and oxygen atoms in total. The van der Waals surface area contributed by atoms with Gasteiger partial charge in [0.2, 0.25) is 0 Å². The number of nitrogens with two attached hydrogens (primary N) is 1. The molecular weight excluding hydrogens is 220 g/mol. The molecule has 96 valence electrons. The monoisotopic (exact) mass is 240 g/mol. The fourth-order valence-electron chi connectivity index (χ4n) is 1.31. The Balaban J connectivity index is 2.64. The van der Waals surface area contributed by atoms with Crippen molar-refractivity contribution in [2.24, 2.45) is 11.7 Å². The molecule has 0 unspecified atom stereocenters. The lowest BCUT2D eigenvalue weighted by Crippen LogP contribution is -2.13. The Labute approximate surface area is 101 Å². The first-order valence-corrected chi connectivity index (χ1v) is 5.83. The standard InChI is InChI=1S/C11H20N4O2/c1-8(2)7-17-11(16)10-9(3)15(14-13-10)6-4-5-12/h8H,4-7,12H2,1-3H3. The van der Waals surface area contributed by atoms with Crippen LogP contribution in [-0.4, -0.2) is 34.1 Å². The van der Waals surface area contributed by atoms with E-state index in [1.54, 1.807) is 4.68 Å². The summed E-state index contributed by atoms with van der Waals surface area (Å²) in [5.74, 6) is -0.0956. The number of ether oxygens (including phenoxy) is 1. The highest BCUT2D eigenvalue weighted by atomic mass is 16.5. The van der Waals surface area contributed by atoms with Crippen LogP contribution in [0.5, 0.6) is 0 Å². The van der Waals surface area contributed by atoms with E-state index in [0.29, 0.717) is 31.3 Å². The molecule has 2 N–H and O–H groups in total. The third kappa shape index (κ3) is 3.81. The number of hydrogen-bond acceptors (Lipinski definition) is 5. The Morgan fingerprint density at radius 3 is 2.82 bits per heavy atom. The van der Waals surface area contributed by atoms with Crippen molar-refractivity contribution in [3.63, 3.8) is 0 Å². The lowest BCUT2D eigenvalue weighted by atomic mass is 10.2. The highest BCUT2D eigenvalue weighted by Crippen LogP contribution is 2.07. The van der Waals surface area contributed by atoms with Gasteiger partial charge in [0.15, 0.2) is 5.69 Å². The molecule has 0 bridgehead atoms. The molecule has 17 heavy (non-hydrogen) atoms. The largest absolute Gasteiger partial charge is 0.461 e. The van der Waals surface area contributed by atoms with Crippen LogP contribution in [0.2, 0.25) is 0 Å². The van der Waals surface area contributed by atoms with Gasteiger partial charge in [0, 0.05) is 6.54 Å². The SMILES string of the molecule is Cc1c(C(=O)OCC(C)C)nnn1CCCN. The van der Waals surface area contributed by atoms with Crippen molar-refractivity contribution < 1.29 is 9.53 Å². The summed E-state index contributed by atoms with van der Waals surface area (Å²) in [7, 11) is 0. The maximum atomic E-state index is 11.7. The average molecular weight is 240 g/mol. The van der Waals surface area contributed by atoms with Gasteiger partial charge < -0.3 is 10.5 Å². The van der Waals surface area contributed by atoms with E-state index >= 15 is 0 Å². The van der Waals surface area contributed by atoms with E-state index in [9.17, 15) is 4.79 Å². The van der Waals surface area contributed by atoms with Gasteiger partial charge in [-0.25, -0.2) is 9.48 Å². The number of aryl methyl sites for hydroxylation is 1. The summed E-state index contributed by atoms with van der Waals surface area (Å²) in [4.78, 5) is 11.7. The van der Waals surface area contributed by atoms with Gasteiger partial charge in [0.25, 0.3) is 0 Å². The topological polar surface area (TPSA) is 83.0 Å². The summed E-state index contributed by atoms with van der Waals surface area (Å²) in [5.41, 5.74) is 6.44. The zero-order valence-corrected chi connectivity index (χ0v) is 10.6. The van der Waals surface area contributed by atoms with Crippen molar-refractivity contribution in [1.82, 2.24) is 15.0 Å². The van der Waals surface area contributed by atoms with Crippen LogP contribution < -0.4 is 5.73 Å². The van der Waals surface area contributed by atoms with Crippen LogP contribution in [0, 0.1) is 12.8 Å². The molecule has 6 heteroatoms. The van der Waals surface area contributed by atoms with Crippen molar-refractivity contribution in [3.8, 4) is 0 Å². The van der Waals surface area contributed by atoms with Crippen molar-refractivity contribution in [3.05, 3.63) is 11.4 Å². The zero-order chi connectivity index (χ0) is 12.8. The lowest BCUT2D eigenvalue weighted by Gasteiger charge is -2.06. The Morgan fingerprint density at radius 2 is 2.24 bits per heavy atom. The number of nitrogens with zero attached hydrogens (tertiary/aromatic N) is 3. The van der Waals surface area contributed by atoms with Crippen LogP contribution in [0.1, 0.15) is 36.5 Å². The van der Waals surface area contributed by atoms with E-state index in [0.717, 1.165) is 12.1 Å². The summed E-state index contributed by atoms with van der Waals surface area (Å²) in [6, 6.07) is 0. The Bertz CT molecular complexity index is 374. The number of esters is 1. The average Bonchev–Trinajstić information content (AvgIpc) is 2.65. The molecule has 0 fully saturated rings. The molecule has 1 aromatic heterocycles. The minimum Gasteiger partial charge on any atom is -0.461 e. The third-order valence-electron chi connectivity index (χ3n) is 2.30. The van der Waals surface area contributed by atoms with E-state index in [1.165, 1.54) is 0 Å². The maximum absolute atomic E-state index is 11.7. The number of carbonyl (C=O) groups excluding carboxylic acids is 1. The van der Waals surface area contributed by atoms with E-state index in [2.05, 4.69) is 10.3 Å². The highest BCUT2D eigenvalue weighted by molar-refractivity contribution is 5.88.